The van der Waals surface area contributed by atoms with Gasteiger partial charge < -0.3 is 15.0 Å². The van der Waals surface area contributed by atoms with E-state index in [2.05, 4.69) is 35.9 Å². The number of hydrogen-bond donors (Lipinski definition) is 1. The molecule has 1 atom stereocenters. The molecule has 1 saturated heterocycles. The van der Waals surface area contributed by atoms with Crippen LogP contribution in [0.4, 0.5) is 0 Å². The highest BCUT2D eigenvalue weighted by Crippen LogP contribution is 2.12. The Hall–Kier alpha value is -0.160. The first-order valence-electron chi connectivity index (χ1n) is 8.07. The Balaban J connectivity index is 2.02. The van der Waals surface area contributed by atoms with Gasteiger partial charge in [0, 0.05) is 39.3 Å². The molecule has 0 aromatic carbocycles. The molecule has 1 fully saturated rings. The Bertz CT molecular complexity index is 208. The second-order valence-corrected chi connectivity index (χ2v) is 5.30. The Kier molecular flexibility index (Phi) is 9.43. The lowest BCUT2D eigenvalue weighted by Gasteiger charge is -2.32. The van der Waals surface area contributed by atoms with E-state index in [9.17, 15) is 0 Å². The van der Waals surface area contributed by atoms with E-state index in [1.54, 1.807) is 0 Å². The molecule has 0 aliphatic carbocycles. The van der Waals surface area contributed by atoms with Crippen LogP contribution in [-0.2, 0) is 4.74 Å². The second kappa shape index (κ2) is 10.6. The molecule has 1 aliphatic rings. The Morgan fingerprint density at radius 1 is 1.21 bits per heavy atom. The number of nitrogens with one attached hydrogen (secondary N) is 1. The van der Waals surface area contributed by atoms with Crippen molar-refractivity contribution in [3.05, 3.63) is 0 Å². The third-order valence-electron chi connectivity index (χ3n) is 3.97. The Labute approximate surface area is 119 Å². The van der Waals surface area contributed by atoms with Gasteiger partial charge in [0.15, 0.2) is 0 Å². The zero-order valence-electron chi connectivity index (χ0n) is 13.2. The highest BCUT2D eigenvalue weighted by atomic mass is 16.5. The first-order chi connectivity index (χ1) is 9.30. The van der Waals surface area contributed by atoms with Gasteiger partial charge in [0.25, 0.3) is 0 Å². The molecule has 114 valence electrons. The number of hydrogen-bond acceptors (Lipinski definition) is 4. The summed E-state index contributed by atoms with van der Waals surface area (Å²) in [6, 6.07) is 0. The molecule has 1 heterocycles. The minimum Gasteiger partial charge on any atom is -0.377 e. The van der Waals surface area contributed by atoms with Crippen LogP contribution in [0.1, 0.15) is 33.6 Å². The van der Waals surface area contributed by atoms with Gasteiger partial charge in [-0.1, -0.05) is 13.8 Å². The molecule has 0 radical (unpaired) electrons. The summed E-state index contributed by atoms with van der Waals surface area (Å²) in [5.41, 5.74) is 0. The number of likely N-dealkylation sites (tertiary alicyclic amines) is 1. The average molecular weight is 271 g/mol. The monoisotopic (exact) mass is 271 g/mol. The fourth-order valence-electron chi connectivity index (χ4n) is 2.73. The van der Waals surface area contributed by atoms with E-state index < -0.39 is 0 Å². The van der Waals surface area contributed by atoms with Gasteiger partial charge in [0.05, 0.1) is 6.10 Å². The van der Waals surface area contributed by atoms with Crippen molar-refractivity contribution in [3.63, 3.8) is 0 Å². The van der Waals surface area contributed by atoms with Gasteiger partial charge in [-0.25, -0.2) is 0 Å². The summed E-state index contributed by atoms with van der Waals surface area (Å²) in [7, 11) is 0. The van der Waals surface area contributed by atoms with Crippen LogP contribution < -0.4 is 5.32 Å². The molecular weight excluding hydrogens is 238 g/mol. The van der Waals surface area contributed by atoms with Crippen LogP contribution in [0.5, 0.6) is 0 Å². The predicted octanol–water partition coefficient (Wildman–Crippen LogP) is 1.42. The van der Waals surface area contributed by atoms with Crippen LogP contribution in [0.3, 0.4) is 0 Å². The second-order valence-electron chi connectivity index (χ2n) is 5.30. The Morgan fingerprint density at radius 2 is 2.00 bits per heavy atom. The maximum absolute atomic E-state index is 5.73. The molecule has 0 aromatic rings. The summed E-state index contributed by atoms with van der Waals surface area (Å²) in [5.74, 6) is 0. The minimum atomic E-state index is 0.467. The topological polar surface area (TPSA) is 27.7 Å². The molecule has 19 heavy (non-hydrogen) atoms. The molecule has 4 heteroatoms. The maximum Gasteiger partial charge on any atom is 0.0702 e. The van der Waals surface area contributed by atoms with E-state index in [4.69, 9.17) is 4.74 Å². The van der Waals surface area contributed by atoms with E-state index in [1.807, 2.05) is 0 Å². The van der Waals surface area contributed by atoms with Crippen LogP contribution in [-0.4, -0.2) is 74.9 Å². The molecule has 0 amide bonds. The standard InChI is InChI=1S/C15H33N3O/c1-4-17(5-2)12-9-16-10-13-18-11-7-8-15(14-18)19-6-3/h15-16H,4-14H2,1-3H3. The van der Waals surface area contributed by atoms with Crippen molar-refractivity contribution in [2.45, 2.75) is 39.7 Å². The molecule has 1 N–H and O–H groups in total. The zero-order valence-corrected chi connectivity index (χ0v) is 13.2. The van der Waals surface area contributed by atoms with Crippen LogP contribution in [0.15, 0.2) is 0 Å². The lowest BCUT2D eigenvalue weighted by molar-refractivity contribution is 0.00635. The number of ether oxygens (including phenoxy) is 1. The third-order valence-corrected chi connectivity index (χ3v) is 3.97. The molecule has 0 aromatic heterocycles. The van der Waals surface area contributed by atoms with Gasteiger partial charge in [-0.15, -0.1) is 0 Å². The highest BCUT2D eigenvalue weighted by Gasteiger charge is 2.19. The van der Waals surface area contributed by atoms with Crippen molar-refractivity contribution >= 4 is 0 Å². The van der Waals surface area contributed by atoms with Crippen molar-refractivity contribution in [3.8, 4) is 0 Å². The first kappa shape index (κ1) is 16.9. The van der Waals surface area contributed by atoms with Crippen molar-refractivity contribution in [1.82, 2.24) is 15.1 Å². The van der Waals surface area contributed by atoms with Gasteiger partial charge in [-0.3, -0.25) is 4.90 Å². The molecule has 1 aliphatic heterocycles. The van der Waals surface area contributed by atoms with Crippen molar-refractivity contribution in [2.24, 2.45) is 0 Å². The van der Waals surface area contributed by atoms with E-state index in [0.717, 1.165) is 52.4 Å². The van der Waals surface area contributed by atoms with E-state index in [1.165, 1.54) is 19.4 Å². The number of nitrogens with zero attached hydrogens (tertiary/aromatic N) is 2. The quantitative estimate of drug-likeness (QED) is 0.608. The van der Waals surface area contributed by atoms with Crippen LogP contribution >= 0.6 is 0 Å². The van der Waals surface area contributed by atoms with E-state index >= 15 is 0 Å². The molecule has 0 bridgehead atoms. The normalized spacial score (nSPS) is 21.2. The van der Waals surface area contributed by atoms with Crippen LogP contribution in [0.2, 0.25) is 0 Å². The lowest BCUT2D eigenvalue weighted by atomic mass is 10.1. The smallest absolute Gasteiger partial charge is 0.0702 e. The lowest BCUT2D eigenvalue weighted by Crippen LogP contribution is -2.43. The molecule has 1 rings (SSSR count). The fourth-order valence-corrected chi connectivity index (χ4v) is 2.73. The van der Waals surface area contributed by atoms with Crippen molar-refractivity contribution < 1.29 is 4.74 Å². The van der Waals surface area contributed by atoms with Gasteiger partial charge in [-0.05, 0) is 39.4 Å². The summed E-state index contributed by atoms with van der Waals surface area (Å²) in [4.78, 5) is 4.99. The summed E-state index contributed by atoms with van der Waals surface area (Å²) in [6.45, 7) is 16.6. The van der Waals surface area contributed by atoms with Gasteiger partial charge in [-0.2, -0.15) is 0 Å². The third kappa shape index (κ3) is 7.25. The largest absolute Gasteiger partial charge is 0.377 e. The molecule has 0 saturated carbocycles. The molecule has 4 nitrogen and oxygen atoms in total. The number of likely N-dealkylation sites (N-methyl/N-ethyl adjacent to an activating group) is 1. The number of rotatable bonds is 10. The first-order valence-corrected chi connectivity index (χ1v) is 8.07. The van der Waals surface area contributed by atoms with Crippen molar-refractivity contribution in [1.29, 1.82) is 0 Å². The summed E-state index contributed by atoms with van der Waals surface area (Å²) >= 11 is 0. The predicted molar refractivity (Wildman–Crippen MR) is 81.7 cm³/mol. The minimum absolute atomic E-state index is 0.467. The molecular formula is C15H33N3O. The van der Waals surface area contributed by atoms with Crippen LogP contribution in [0, 0.1) is 0 Å². The van der Waals surface area contributed by atoms with E-state index in [0.29, 0.717) is 6.10 Å². The van der Waals surface area contributed by atoms with Gasteiger partial charge >= 0.3 is 0 Å². The Morgan fingerprint density at radius 3 is 2.68 bits per heavy atom. The van der Waals surface area contributed by atoms with Gasteiger partial charge in [0.1, 0.15) is 0 Å². The molecule has 0 spiro atoms. The summed E-state index contributed by atoms with van der Waals surface area (Å²) < 4.78 is 5.73. The maximum atomic E-state index is 5.73. The summed E-state index contributed by atoms with van der Waals surface area (Å²) in [5, 5.41) is 3.55. The fraction of sp³-hybridized carbons (Fsp3) is 1.00. The van der Waals surface area contributed by atoms with Gasteiger partial charge in [0.2, 0.25) is 0 Å². The summed E-state index contributed by atoms with van der Waals surface area (Å²) in [6.07, 6.45) is 2.98. The molecule has 1 unspecified atom stereocenters. The SMILES string of the molecule is CCOC1CCCN(CCNCCN(CC)CC)C1. The van der Waals surface area contributed by atoms with E-state index in [-0.39, 0.29) is 0 Å². The van der Waals surface area contributed by atoms with Crippen LogP contribution in [0.25, 0.3) is 0 Å². The van der Waals surface area contributed by atoms with Crippen molar-refractivity contribution in [2.75, 3.05) is 59.0 Å². The highest BCUT2D eigenvalue weighted by molar-refractivity contribution is 4.73. The average Bonchev–Trinajstić information content (AvgIpc) is 2.44. The zero-order chi connectivity index (χ0) is 13.9. The number of piperidine rings is 1.